The highest BCUT2D eigenvalue weighted by Gasteiger charge is 2.05. The van der Waals surface area contributed by atoms with Gasteiger partial charge in [-0.3, -0.25) is 4.79 Å². The molecule has 0 aliphatic rings. The first kappa shape index (κ1) is 11.2. The first-order valence-electron chi connectivity index (χ1n) is 4.37. The highest BCUT2D eigenvalue weighted by Crippen LogP contribution is 2.11. The van der Waals surface area contributed by atoms with Gasteiger partial charge in [0.15, 0.2) is 0 Å². The van der Waals surface area contributed by atoms with E-state index in [1.54, 1.807) is 6.92 Å². The third kappa shape index (κ3) is 3.47. The van der Waals surface area contributed by atoms with Gasteiger partial charge in [0, 0.05) is 11.0 Å². The Hall–Kier alpha value is -0.870. The van der Waals surface area contributed by atoms with Crippen LogP contribution in [0.3, 0.4) is 0 Å². The van der Waals surface area contributed by atoms with Gasteiger partial charge < -0.3 is 11.1 Å². The predicted molar refractivity (Wildman–Crippen MR) is 59.6 cm³/mol. The number of nitrogens with one attached hydrogen (secondary N) is 1. The van der Waals surface area contributed by atoms with Gasteiger partial charge in [0.1, 0.15) is 0 Å². The standard InChI is InChI=1S/C10H13BrN2O/c1-7(12)10(14)13-6-8-3-2-4-9(11)5-8/h2-5,7H,6,12H2,1H3,(H,13,14). The van der Waals surface area contributed by atoms with E-state index in [4.69, 9.17) is 5.73 Å². The van der Waals surface area contributed by atoms with Crippen LogP contribution in [0.2, 0.25) is 0 Å². The van der Waals surface area contributed by atoms with Crippen LogP contribution in [0.1, 0.15) is 12.5 Å². The number of amides is 1. The van der Waals surface area contributed by atoms with Crippen molar-refractivity contribution in [3.05, 3.63) is 34.3 Å². The summed E-state index contributed by atoms with van der Waals surface area (Å²) in [5, 5.41) is 2.74. The van der Waals surface area contributed by atoms with Crippen molar-refractivity contribution in [3.63, 3.8) is 0 Å². The molecule has 0 radical (unpaired) electrons. The maximum Gasteiger partial charge on any atom is 0.236 e. The lowest BCUT2D eigenvalue weighted by atomic mass is 10.2. The molecule has 1 amide bonds. The smallest absolute Gasteiger partial charge is 0.236 e. The van der Waals surface area contributed by atoms with Gasteiger partial charge in [0.2, 0.25) is 5.91 Å². The first-order valence-corrected chi connectivity index (χ1v) is 5.16. The lowest BCUT2D eigenvalue weighted by molar-refractivity contribution is -0.122. The Kier molecular flexibility index (Phi) is 4.10. The van der Waals surface area contributed by atoms with E-state index in [0.717, 1.165) is 10.0 Å². The Bertz CT molecular complexity index is 326. The lowest BCUT2D eigenvalue weighted by Crippen LogP contribution is -2.37. The van der Waals surface area contributed by atoms with Crippen molar-refractivity contribution in [2.75, 3.05) is 0 Å². The normalized spacial score (nSPS) is 12.2. The predicted octanol–water partition coefficient (Wildman–Crippen LogP) is 1.41. The number of hydrogen-bond acceptors (Lipinski definition) is 2. The third-order valence-corrected chi connectivity index (χ3v) is 2.26. The maximum atomic E-state index is 11.2. The fourth-order valence-corrected chi connectivity index (χ4v) is 1.44. The summed E-state index contributed by atoms with van der Waals surface area (Å²) in [6.45, 7) is 2.18. The summed E-state index contributed by atoms with van der Waals surface area (Å²) in [7, 11) is 0. The summed E-state index contributed by atoms with van der Waals surface area (Å²) in [6, 6.07) is 7.32. The van der Waals surface area contributed by atoms with Crippen LogP contribution >= 0.6 is 15.9 Å². The van der Waals surface area contributed by atoms with Gasteiger partial charge >= 0.3 is 0 Å². The van der Waals surface area contributed by atoms with Crippen molar-refractivity contribution in [3.8, 4) is 0 Å². The Morgan fingerprint density at radius 1 is 1.64 bits per heavy atom. The molecule has 0 saturated heterocycles. The van der Waals surface area contributed by atoms with Gasteiger partial charge in [-0.05, 0) is 24.6 Å². The summed E-state index contributed by atoms with van der Waals surface area (Å²) < 4.78 is 1.00. The molecule has 0 bridgehead atoms. The molecular formula is C10H13BrN2O. The molecule has 0 fully saturated rings. The highest BCUT2D eigenvalue weighted by atomic mass is 79.9. The first-order chi connectivity index (χ1) is 6.59. The Balaban J connectivity index is 2.50. The van der Waals surface area contributed by atoms with E-state index in [9.17, 15) is 4.79 Å². The topological polar surface area (TPSA) is 55.1 Å². The fraction of sp³-hybridized carbons (Fsp3) is 0.300. The molecule has 0 spiro atoms. The van der Waals surface area contributed by atoms with Gasteiger partial charge in [-0.15, -0.1) is 0 Å². The third-order valence-electron chi connectivity index (χ3n) is 1.77. The highest BCUT2D eigenvalue weighted by molar-refractivity contribution is 9.10. The van der Waals surface area contributed by atoms with Crippen LogP contribution in [0.5, 0.6) is 0 Å². The number of carbonyl (C=O) groups is 1. The summed E-state index contributed by atoms with van der Waals surface area (Å²) in [4.78, 5) is 11.2. The minimum absolute atomic E-state index is 0.134. The number of carbonyl (C=O) groups excluding carboxylic acids is 1. The van der Waals surface area contributed by atoms with Crippen LogP contribution in [0.15, 0.2) is 28.7 Å². The van der Waals surface area contributed by atoms with Crippen molar-refractivity contribution in [2.45, 2.75) is 19.5 Å². The van der Waals surface area contributed by atoms with Crippen LogP contribution in [0.4, 0.5) is 0 Å². The number of nitrogens with two attached hydrogens (primary N) is 1. The maximum absolute atomic E-state index is 11.2. The minimum atomic E-state index is -0.456. The van der Waals surface area contributed by atoms with Crippen molar-refractivity contribution in [2.24, 2.45) is 5.73 Å². The zero-order valence-electron chi connectivity index (χ0n) is 7.96. The molecule has 1 unspecified atom stereocenters. The summed E-state index contributed by atoms with van der Waals surface area (Å²) in [6.07, 6.45) is 0. The van der Waals surface area contributed by atoms with E-state index in [1.165, 1.54) is 0 Å². The van der Waals surface area contributed by atoms with Crippen LogP contribution in [0.25, 0.3) is 0 Å². The zero-order valence-corrected chi connectivity index (χ0v) is 9.54. The monoisotopic (exact) mass is 256 g/mol. The lowest BCUT2D eigenvalue weighted by Gasteiger charge is -2.07. The number of hydrogen-bond donors (Lipinski definition) is 2. The molecule has 0 aliphatic carbocycles. The molecule has 76 valence electrons. The SMILES string of the molecule is CC(N)C(=O)NCc1cccc(Br)c1. The van der Waals surface area contributed by atoms with Gasteiger partial charge in [-0.2, -0.15) is 0 Å². The van der Waals surface area contributed by atoms with Gasteiger partial charge in [-0.1, -0.05) is 28.1 Å². The van der Waals surface area contributed by atoms with Crippen LogP contribution < -0.4 is 11.1 Å². The molecule has 4 heteroatoms. The largest absolute Gasteiger partial charge is 0.351 e. The number of rotatable bonds is 3. The second-order valence-electron chi connectivity index (χ2n) is 3.14. The van der Waals surface area contributed by atoms with E-state index in [0.29, 0.717) is 6.54 Å². The minimum Gasteiger partial charge on any atom is -0.351 e. The number of benzene rings is 1. The molecule has 14 heavy (non-hydrogen) atoms. The summed E-state index contributed by atoms with van der Waals surface area (Å²) >= 11 is 3.36. The molecule has 3 N–H and O–H groups in total. The average molecular weight is 257 g/mol. The molecule has 0 saturated carbocycles. The molecule has 1 atom stereocenters. The van der Waals surface area contributed by atoms with Crippen LogP contribution in [-0.4, -0.2) is 11.9 Å². The van der Waals surface area contributed by atoms with Crippen molar-refractivity contribution in [1.29, 1.82) is 0 Å². The molecule has 3 nitrogen and oxygen atoms in total. The molecule has 0 aliphatic heterocycles. The summed E-state index contributed by atoms with van der Waals surface area (Å²) in [5.74, 6) is -0.134. The molecule has 1 aromatic rings. The molecular weight excluding hydrogens is 244 g/mol. The fourth-order valence-electron chi connectivity index (χ4n) is 0.997. The van der Waals surface area contributed by atoms with Gasteiger partial charge in [-0.25, -0.2) is 0 Å². The molecule has 1 rings (SSSR count). The summed E-state index contributed by atoms with van der Waals surface area (Å²) in [5.41, 5.74) is 6.46. The zero-order chi connectivity index (χ0) is 10.6. The molecule has 1 aromatic carbocycles. The van der Waals surface area contributed by atoms with E-state index < -0.39 is 6.04 Å². The second kappa shape index (κ2) is 5.12. The Morgan fingerprint density at radius 3 is 2.93 bits per heavy atom. The quantitative estimate of drug-likeness (QED) is 0.860. The van der Waals surface area contributed by atoms with Crippen LogP contribution in [-0.2, 0) is 11.3 Å². The van der Waals surface area contributed by atoms with Crippen molar-refractivity contribution < 1.29 is 4.79 Å². The van der Waals surface area contributed by atoms with E-state index in [-0.39, 0.29) is 5.91 Å². The van der Waals surface area contributed by atoms with Crippen LogP contribution in [0, 0.1) is 0 Å². The van der Waals surface area contributed by atoms with Gasteiger partial charge in [0.25, 0.3) is 0 Å². The molecule has 0 heterocycles. The Labute approximate surface area is 91.8 Å². The second-order valence-corrected chi connectivity index (χ2v) is 4.05. The van der Waals surface area contributed by atoms with E-state index in [2.05, 4.69) is 21.2 Å². The Morgan fingerprint density at radius 2 is 2.36 bits per heavy atom. The molecule has 0 aromatic heterocycles. The van der Waals surface area contributed by atoms with Crippen molar-refractivity contribution >= 4 is 21.8 Å². The van der Waals surface area contributed by atoms with Gasteiger partial charge in [0.05, 0.1) is 6.04 Å². The average Bonchev–Trinajstić information content (AvgIpc) is 2.14. The number of halogens is 1. The van der Waals surface area contributed by atoms with E-state index >= 15 is 0 Å². The van der Waals surface area contributed by atoms with E-state index in [1.807, 2.05) is 24.3 Å². The van der Waals surface area contributed by atoms with Crippen molar-refractivity contribution in [1.82, 2.24) is 5.32 Å².